The third-order valence-corrected chi connectivity index (χ3v) is 5.42. The lowest BCUT2D eigenvalue weighted by Gasteiger charge is -2.34. The van der Waals surface area contributed by atoms with Gasteiger partial charge in [-0.1, -0.05) is 26.0 Å². The molecule has 1 aliphatic rings. The number of nitrogens with zero attached hydrogens (tertiary/aromatic N) is 5. The molecule has 3 atom stereocenters. The van der Waals surface area contributed by atoms with Crippen LogP contribution in [0.4, 0.5) is 5.69 Å². The summed E-state index contributed by atoms with van der Waals surface area (Å²) in [6.07, 6.45) is 0.993. The van der Waals surface area contributed by atoms with Gasteiger partial charge in [-0.2, -0.15) is 0 Å². The van der Waals surface area contributed by atoms with Gasteiger partial charge < -0.3 is 20.1 Å². The lowest BCUT2D eigenvalue weighted by atomic mass is 9.85. The second-order valence-corrected chi connectivity index (χ2v) is 9.01. The van der Waals surface area contributed by atoms with Crippen molar-refractivity contribution in [1.29, 1.82) is 0 Å². The van der Waals surface area contributed by atoms with Crippen LogP contribution >= 0.6 is 0 Å². The summed E-state index contributed by atoms with van der Waals surface area (Å²) in [5, 5.41) is 31.6. The molecule has 2 N–H and O–H groups in total. The molecule has 3 rings (SSSR count). The largest absolute Gasteiger partial charge is 0.487 e. The van der Waals surface area contributed by atoms with Gasteiger partial charge in [0.1, 0.15) is 30.1 Å². The van der Waals surface area contributed by atoms with Crippen molar-refractivity contribution in [3.8, 4) is 5.75 Å². The van der Waals surface area contributed by atoms with E-state index in [1.54, 1.807) is 6.20 Å². The highest BCUT2D eigenvalue weighted by molar-refractivity contribution is 5.90. The molecule has 1 saturated heterocycles. The molecule has 178 valence electrons. The fourth-order valence-electron chi connectivity index (χ4n) is 3.84. The summed E-state index contributed by atoms with van der Waals surface area (Å²) < 4.78 is 7.07. The van der Waals surface area contributed by atoms with Crippen LogP contribution in [0.25, 0.3) is 0 Å². The normalized spacial score (nSPS) is 19.2. The molecule has 1 fully saturated rings. The predicted molar refractivity (Wildman–Crippen MR) is 116 cm³/mol. The van der Waals surface area contributed by atoms with Gasteiger partial charge in [-0.3, -0.25) is 19.7 Å². The number of β-amino-alcohol motifs (C(OH)–C–C–N with tert-alkyl or cyclic N) is 1. The summed E-state index contributed by atoms with van der Waals surface area (Å²) in [7, 11) is 1.49. The highest BCUT2D eigenvalue weighted by Crippen LogP contribution is 2.34. The van der Waals surface area contributed by atoms with Gasteiger partial charge in [0.25, 0.3) is 5.69 Å². The number of carbonyl (C=O) groups excluding carboxylic acids is 2. The molecule has 0 saturated carbocycles. The van der Waals surface area contributed by atoms with E-state index in [0.29, 0.717) is 11.4 Å². The molecular weight excluding hydrogens is 432 g/mol. The lowest BCUT2D eigenvalue weighted by Crippen LogP contribution is -2.49. The van der Waals surface area contributed by atoms with Gasteiger partial charge in [0, 0.05) is 32.1 Å². The van der Waals surface area contributed by atoms with Crippen molar-refractivity contribution in [2.45, 2.75) is 52.0 Å². The highest BCUT2D eigenvalue weighted by atomic mass is 16.6. The molecule has 1 aromatic carbocycles. The first-order chi connectivity index (χ1) is 15.5. The zero-order valence-corrected chi connectivity index (χ0v) is 19.0. The number of aliphatic hydroxyl groups excluding tert-OH is 1. The number of ether oxygens (including phenoxy) is 1. The number of nitro benzene ring substituents is 1. The number of likely N-dealkylation sites (N-methyl/N-ethyl adjacent to an activating group) is 1. The number of likely N-dealkylation sites (tertiary alicyclic amines) is 1. The molecule has 0 aliphatic carbocycles. The van der Waals surface area contributed by atoms with E-state index in [0.717, 1.165) is 0 Å². The molecule has 0 bridgehead atoms. The van der Waals surface area contributed by atoms with Crippen LogP contribution in [0.15, 0.2) is 30.5 Å². The topological polar surface area (TPSA) is 153 Å². The van der Waals surface area contributed by atoms with Crippen molar-refractivity contribution in [2.24, 2.45) is 5.41 Å². The van der Waals surface area contributed by atoms with Crippen LogP contribution in [0, 0.1) is 15.5 Å². The minimum absolute atomic E-state index is 0.0399. The molecule has 2 unspecified atom stereocenters. The molecule has 33 heavy (non-hydrogen) atoms. The number of non-ortho nitro benzene ring substituents is 1. The van der Waals surface area contributed by atoms with Crippen molar-refractivity contribution in [2.75, 3.05) is 13.6 Å². The van der Waals surface area contributed by atoms with Gasteiger partial charge >= 0.3 is 0 Å². The van der Waals surface area contributed by atoms with E-state index >= 15 is 0 Å². The van der Waals surface area contributed by atoms with E-state index < -0.39 is 28.5 Å². The number of nitrogens with one attached hydrogen (secondary N) is 1. The monoisotopic (exact) mass is 460 g/mol. The van der Waals surface area contributed by atoms with Crippen molar-refractivity contribution in [3.05, 3.63) is 46.3 Å². The predicted octanol–water partition coefficient (Wildman–Crippen LogP) is 1.06. The van der Waals surface area contributed by atoms with Crippen molar-refractivity contribution in [3.63, 3.8) is 0 Å². The maximum atomic E-state index is 13.5. The summed E-state index contributed by atoms with van der Waals surface area (Å²) in [6.45, 7) is 5.75. The molecule has 2 amide bonds. The number of rotatable bonds is 7. The Morgan fingerprint density at radius 2 is 2.00 bits per heavy atom. The SMILES string of the molecule is CNC(=O)C1CC(O)CN1C(=O)[C@@H](n1cc(COc2ccc([N+](=O)[O-])cc2)nn1)C(C)(C)C. The second-order valence-electron chi connectivity index (χ2n) is 9.01. The molecule has 0 spiro atoms. The van der Waals surface area contributed by atoms with Crippen LogP contribution in [-0.2, 0) is 16.2 Å². The first-order valence-electron chi connectivity index (χ1n) is 10.5. The molecule has 0 radical (unpaired) electrons. The Balaban J connectivity index is 1.76. The maximum Gasteiger partial charge on any atom is 0.269 e. The van der Waals surface area contributed by atoms with Crippen LogP contribution in [0.2, 0.25) is 0 Å². The number of amides is 2. The van der Waals surface area contributed by atoms with Crippen LogP contribution < -0.4 is 10.1 Å². The fourth-order valence-corrected chi connectivity index (χ4v) is 3.84. The van der Waals surface area contributed by atoms with Crippen molar-refractivity contribution in [1.82, 2.24) is 25.2 Å². The van der Waals surface area contributed by atoms with E-state index in [-0.39, 0.29) is 37.1 Å². The maximum absolute atomic E-state index is 13.5. The zero-order valence-electron chi connectivity index (χ0n) is 19.0. The Labute approximate surface area is 190 Å². The quantitative estimate of drug-likeness (QED) is 0.459. The van der Waals surface area contributed by atoms with E-state index in [9.17, 15) is 24.8 Å². The third kappa shape index (κ3) is 5.45. The standard InChI is InChI=1S/C21H28N6O6/c1-21(2,3)18(20(30)25-11-15(28)9-17(25)19(29)22-4)26-10-13(23-24-26)12-33-16-7-5-14(6-8-16)27(31)32/h5-8,10,15,17-18,28H,9,11-12H2,1-4H3,(H,22,29)/t15?,17?,18-/m1/s1. The van der Waals surface area contributed by atoms with E-state index in [1.807, 2.05) is 20.8 Å². The Hall–Kier alpha value is -3.54. The summed E-state index contributed by atoms with van der Waals surface area (Å²) in [5.41, 5.74) is -0.149. The first-order valence-corrected chi connectivity index (χ1v) is 10.5. The van der Waals surface area contributed by atoms with Crippen LogP contribution in [-0.4, -0.2) is 67.5 Å². The van der Waals surface area contributed by atoms with Gasteiger partial charge in [0.2, 0.25) is 11.8 Å². The Morgan fingerprint density at radius 3 is 2.58 bits per heavy atom. The van der Waals surface area contributed by atoms with E-state index in [4.69, 9.17) is 4.74 Å². The van der Waals surface area contributed by atoms with Crippen LogP contribution in [0.1, 0.15) is 38.9 Å². The van der Waals surface area contributed by atoms with Gasteiger partial charge in [0.15, 0.2) is 0 Å². The van der Waals surface area contributed by atoms with Gasteiger partial charge in [-0.05, 0) is 17.5 Å². The Kier molecular flexibility index (Phi) is 6.96. The van der Waals surface area contributed by atoms with Crippen molar-refractivity contribution < 1.29 is 24.4 Å². The Morgan fingerprint density at radius 1 is 1.33 bits per heavy atom. The highest BCUT2D eigenvalue weighted by Gasteiger charge is 2.45. The minimum Gasteiger partial charge on any atom is -0.487 e. The number of hydrogen-bond acceptors (Lipinski definition) is 8. The number of hydrogen-bond donors (Lipinski definition) is 2. The molecule has 2 heterocycles. The fraction of sp³-hybridized carbons (Fsp3) is 0.524. The second kappa shape index (κ2) is 9.53. The molecule has 1 aromatic heterocycles. The molecular formula is C21H28N6O6. The summed E-state index contributed by atoms with van der Waals surface area (Å²) in [6, 6.07) is 4.14. The first kappa shape index (κ1) is 24.1. The average molecular weight is 460 g/mol. The Bertz CT molecular complexity index is 1010. The summed E-state index contributed by atoms with van der Waals surface area (Å²) in [5.74, 6) is -0.234. The molecule has 1 aliphatic heterocycles. The van der Waals surface area contributed by atoms with E-state index in [1.165, 1.54) is 40.9 Å². The van der Waals surface area contributed by atoms with Crippen LogP contribution in [0.3, 0.4) is 0 Å². The molecule has 2 aromatic rings. The van der Waals surface area contributed by atoms with Crippen LogP contribution in [0.5, 0.6) is 5.75 Å². The summed E-state index contributed by atoms with van der Waals surface area (Å²) in [4.78, 5) is 37.4. The number of aliphatic hydroxyl groups is 1. The van der Waals surface area contributed by atoms with Gasteiger partial charge in [-0.15, -0.1) is 5.10 Å². The van der Waals surface area contributed by atoms with E-state index in [2.05, 4.69) is 15.6 Å². The zero-order chi connectivity index (χ0) is 24.3. The van der Waals surface area contributed by atoms with Crippen molar-refractivity contribution >= 4 is 17.5 Å². The minimum atomic E-state index is -0.779. The number of carbonyl (C=O) groups is 2. The molecule has 12 nitrogen and oxygen atoms in total. The van der Waals surface area contributed by atoms with Gasteiger partial charge in [-0.25, -0.2) is 4.68 Å². The number of benzene rings is 1. The smallest absolute Gasteiger partial charge is 0.269 e. The number of nitro groups is 1. The summed E-state index contributed by atoms with van der Waals surface area (Å²) >= 11 is 0. The lowest BCUT2D eigenvalue weighted by molar-refractivity contribution is -0.384. The third-order valence-electron chi connectivity index (χ3n) is 5.42. The average Bonchev–Trinajstić information content (AvgIpc) is 3.37. The molecule has 12 heteroatoms. The van der Waals surface area contributed by atoms with Gasteiger partial charge in [0.05, 0.1) is 17.2 Å². The number of aromatic nitrogens is 3.